The second-order valence-corrected chi connectivity index (χ2v) is 5.21. The average Bonchev–Trinajstić information content (AvgIpc) is 2.13. The summed E-state index contributed by atoms with van der Waals surface area (Å²) in [6.07, 6.45) is 2.24. The monoisotopic (exact) mass is 229 g/mol. The predicted octanol–water partition coefficient (Wildman–Crippen LogP) is 2.18. The molecule has 0 radical (unpaired) electrons. The van der Waals surface area contributed by atoms with Crippen molar-refractivity contribution < 1.29 is 14.7 Å². The molecule has 1 amide bonds. The predicted molar refractivity (Wildman–Crippen MR) is 63.2 cm³/mol. The van der Waals surface area contributed by atoms with Crippen LogP contribution in [0.2, 0.25) is 0 Å². The third-order valence-electron chi connectivity index (χ3n) is 3.31. The zero-order valence-electron chi connectivity index (χ0n) is 10.9. The highest BCUT2D eigenvalue weighted by molar-refractivity contribution is 5.80. The first kappa shape index (κ1) is 14.9. The van der Waals surface area contributed by atoms with Gasteiger partial charge in [-0.25, -0.2) is 0 Å². The van der Waals surface area contributed by atoms with Gasteiger partial charge in [0.25, 0.3) is 0 Å². The number of carbonyl (C=O) groups is 2. The summed E-state index contributed by atoms with van der Waals surface area (Å²) < 4.78 is 0. The SMILES string of the molecule is CCCCC(=O)NC(C)(C)C(C)(C)C(=O)O. The van der Waals surface area contributed by atoms with Crippen molar-refractivity contribution in [2.45, 2.75) is 59.4 Å². The number of carbonyl (C=O) groups excluding carboxylic acids is 1. The molecular formula is C12H23NO3. The van der Waals surface area contributed by atoms with Crippen LogP contribution in [0.1, 0.15) is 53.9 Å². The molecule has 0 heterocycles. The molecular weight excluding hydrogens is 206 g/mol. The van der Waals surface area contributed by atoms with E-state index in [4.69, 9.17) is 5.11 Å². The topological polar surface area (TPSA) is 66.4 Å². The van der Waals surface area contributed by atoms with E-state index in [1.165, 1.54) is 0 Å². The molecule has 0 saturated heterocycles. The maximum Gasteiger partial charge on any atom is 0.311 e. The number of carboxylic acids is 1. The van der Waals surface area contributed by atoms with Crippen LogP contribution < -0.4 is 5.32 Å². The summed E-state index contributed by atoms with van der Waals surface area (Å²) in [5, 5.41) is 11.9. The lowest BCUT2D eigenvalue weighted by Crippen LogP contribution is -2.56. The standard InChI is InChI=1S/C12H23NO3/c1-6-7-8-9(14)13-12(4,5)11(2,3)10(15)16/h6-8H2,1-5H3,(H,13,14)(H,15,16). The van der Waals surface area contributed by atoms with Crippen LogP contribution in [-0.4, -0.2) is 22.5 Å². The van der Waals surface area contributed by atoms with Crippen LogP contribution in [0.3, 0.4) is 0 Å². The first-order chi connectivity index (χ1) is 7.15. The molecule has 16 heavy (non-hydrogen) atoms. The minimum Gasteiger partial charge on any atom is -0.481 e. The van der Waals surface area contributed by atoms with Gasteiger partial charge in [-0.3, -0.25) is 9.59 Å². The van der Waals surface area contributed by atoms with Crippen molar-refractivity contribution in [3.8, 4) is 0 Å². The van der Waals surface area contributed by atoms with Gasteiger partial charge >= 0.3 is 5.97 Å². The van der Waals surface area contributed by atoms with E-state index in [9.17, 15) is 9.59 Å². The summed E-state index contributed by atoms with van der Waals surface area (Å²) in [5.41, 5.74) is -1.75. The highest BCUT2D eigenvalue weighted by Crippen LogP contribution is 2.30. The van der Waals surface area contributed by atoms with E-state index in [-0.39, 0.29) is 5.91 Å². The zero-order valence-corrected chi connectivity index (χ0v) is 10.9. The molecule has 4 nitrogen and oxygen atoms in total. The van der Waals surface area contributed by atoms with E-state index >= 15 is 0 Å². The molecule has 0 aliphatic carbocycles. The fourth-order valence-electron chi connectivity index (χ4n) is 1.17. The van der Waals surface area contributed by atoms with Crippen LogP contribution in [0.15, 0.2) is 0 Å². The van der Waals surface area contributed by atoms with Crippen LogP contribution in [0.4, 0.5) is 0 Å². The van der Waals surface area contributed by atoms with E-state index in [0.29, 0.717) is 6.42 Å². The Morgan fingerprint density at radius 3 is 2.06 bits per heavy atom. The summed E-state index contributed by atoms with van der Waals surface area (Å²) in [6, 6.07) is 0. The van der Waals surface area contributed by atoms with Gasteiger partial charge in [-0.1, -0.05) is 13.3 Å². The van der Waals surface area contributed by atoms with E-state index < -0.39 is 16.9 Å². The number of rotatable bonds is 6. The van der Waals surface area contributed by atoms with Crippen LogP contribution in [-0.2, 0) is 9.59 Å². The minimum atomic E-state index is -0.991. The van der Waals surface area contributed by atoms with E-state index in [1.807, 2.05) is 6.92 Å². The number of nitrogens with one attached hydrogen (secondary N) is 1. The molecule has 0 aromatic heterocycles. The van der Waals surface area contributed by atoms with Gasteiger partial charge in [-0.15, -0.1) is 0 Å². The lowest BCUT2D eigenvalue weighted by Gasteiger charge is -2.38. The largest absolute Gasteiger partial charge is 0.481 e. The van der Waals surface area contributed by atoms with Crippen molar-refractivity contribution >= 4 is 11.9 Å². The van der Waals surface area contributed by atoms with Gasteiger partial charge in [0, 0.05) is 12.0 Å². The van der Waals surface area contributed by atoms with Gasteiger partial charge in [0.05, 0.1) is 5.41 Å². The van der Waals surface area contributed by atoms with Crippen molar-refractivity contribution in [1.29, 1.82) is 0 Å². The van der Waals surface area contributed by atoms with Crippen LogP contribution in [0.5, 0.6) is 0 Å². The number of unbranched alkanes of at least 4 members (excludes halogenated alkanes) is 1. The molecule has 0 aliphatic heterocycles. The third kappa shape index (κ3) is 3.51. The van der Waals surface area contributed by atoms with E-state index in [2.05, 4.69) is 5.32 Å². The maximum atomic E-state index is 11.6. The summed E-state index contributed by atoms with van der Waals surface area (Å²) in [5.74, 6) is -0.991. The summed E-state index contributed by atoms with van der Waals surface area (Å²) in [4.78, 5) is 22.7. The molecule has 0 aromatic rings. The van der Waals surface area contributed by atoms with Crippen LogP contribution in [0, 0.1) is 5.41 Å². The Morgan fingerprint density at radius 2 is 1.69 bits per heavy atom. The van der Waals surface area contributed by atoms with Crippen molar-refractivity contribution in [3.63, 3.8) is 0 Å². The lowest BCUT2D eigenvalue weighted by atomic mass is 9.74. The lowest BCUT2D eigenvalue weighted by molar-refractivity contribution is -0.151. The van der Waals surface area contributed by atoms with Crippen molar-refractivity contribution in [3.05, 3.63) is 0 Å². The zero-order chi connectivity index (χ0) is 13.0. The Balaban J connectivity index is 4.56. The average molecular weight is 229 g/mol. The molecule has 0 rings (SSSR count). The molecule has 0 atom stereocenters. The molecule has 0 bridgehead atoms. The fourth-order valence-corrected chi connectivity index (χ4v) is 1.17. The summed E-state index contributed by atoms with van der Waals surface area (Å²) >= 11 is 0. The first-order valence-electron chi connectivity index (χ1n) is 5.69. The molecule has 4 heteroatoms. The molecule has 0 saturated carbocycles. The highest BCUT2D eigenvalue weighted by atomic mass is 16.4. The Hall–Kier alpha value is -1.06. The first-order valence-corrected chi connectivity index (χ1v) is 5.69. The second kappa shape index (κ2) is 5.32. The summed E-state index contributed by atoms with van der Waals surface area (Å²) in [7, 11) is 0. The quantitative estimate of drug-likeness (QED) is 0.733. The molecule has 0 aliphatic rings. The Morgan fingerprint density at radius 1 is 1.19 bits per heavy atom. The minimum absolute atomic E-state index is 0.0822. The number of amides is 1. The molecule has 0 spiro atoms. The molecule has 0 unspecified atom stereocenters. The Labute approximate surface area is 97.4 Å². The number of carboxylic acid groups (broad SMARTS) is 1. The van der Waals surface area contributed by atoms with Gasteiger partial charge in [0.1, 0.15) is 0 Å². The third-order valence-corrected chi connectivity index (χ3v) is 3.31. The number of hydrogen-bond donors (Lipinski definition) is 2. The van der Waals surface area contributed by atoms with Gasteiger partial charge in [-0.2, -0.15) is 0 Å². The molecule has 2 N–H and O–H groups in total. The van der Waals surface area contributed by atoms with Crippen LogP contribution in [0.25, 0.3) is 0 Å². The highest BCUT2D eigenvalue weighted by Gasteiger charge is 2.44. The summed E-state index contributed by atoms with van der Waals surface area (Å²) in [6.45, 7) is 8.74. The molecule has 94 valence electrons. The van der Waals surface area contributed by atoms with Crippen molar-refractivity contribution in [2.75, 3.05) is 0 Å². The second-order valence-electron chi connectivity index (χ2n) is 5.21. The van der Waals surface area contributed by atoms with Gasteiger partial charge in [0.15, 0.2) is 0 Å². The Bertz CT molecular complexity index is 269. The van der Waals surface area contributed by atoms with E-state index in [0.717, 1.165) is 12.8 Å². The maximum absolute atomic E-state index is 11.6. The molecule has 0 fully saturated rings. The smallest absolute Gasteiger partial charge is 0.311 e. The van der Waals surface area contributed by atoms with Gasteiger partial charge < -0.3 is 10.4 Å². The van der Waals surface area contributed by atoms with Gasteiger partial charge in [-0.05, 0) is 34.1 Å². The number of aliphatic carboxylic acids is 1. The van der Waals surface area contributed by atoms with Crippen LogP contribution >= 0.6 is 0 Å². The number of hydrogen-bond acceptors (Lipinski definition) is 2. The fraction of sp³-hybridized carbons (Fsp3) is 0.833. The molecule has 0 aromatic carbocycles. The normalized spacial score (nSPS) is 12.3. The van der Waals surface area contributed by atoms with Gasteiger partial charge in [0.2, 0.25) is 5.91 Å². The van der Waals surface area contributed by atoms with E-state index in [1.54, 1.807) is 27.7 Å². The van der Waals surface area contributed by atoms with Crippen molar-refractivity contribution in [2.24, 2.45) is 5.41 Å². The van der Waals surface area contributed by atoms with Crippen molar-refractivity contribution in [1.82, 2.24) is 5.32 Å². The Kier molecular flexibility index (Phi) is 4.97.